The number of aryl methyl sites for hydroxylation is 1. The van der Waals surface area contributed by atoms with Gasteiger partial charge in [-0.15, -0.1) is 0 Å². The summed E-state index contributed by atoms with van der Waals surface area (Å²) in [6.45, 7) is 7.40. The fourth-order valence-corrected chi connectivity index (χ4v) is 2.80. The van der Waals surface area contributed by atoms with Crippen molar-refractivity contribution in [3.8, 4) is 0 Å². The molecule has 0 saturated carbocycles. The van der Waals surface area contributed by atoms with Crippen LogP contribution < -0.4 is 5.32 Å². The molecule has 2 heterocycles. The average molecular weight is 261 g/mol. The van der Waals surface area contributed by atoms with Crippen molar-refractivity contribution in [1.82, 2.24) is 14.9 Å². The van der Waals surface area contributed by atoms with Crippen LogP contribution in [0.5, 0.6) is 0 Å². The largest absolute Gasteiger partial charge is 0.328 e. The highest BCUT2D eigenvalue weighted by Crippen LogP contribution is 2.29. The number of hydrogen-bond donors (Lipinski definition) is 1. The monoisotopic (exact) mass is 261 g/mol. The SMILES string of the molecule is CCCn1c(C(C)C2CNC2)nc2ccc(F)cc21. The van der Waals surface area contributed by atoms with Crippen molar-refractivity contribution in [1.29, 1.82) is 0 Å². The van der Waals surface area contributed by atoms with E-state index < -0.39 is 0 Å². The van der Waals surface area contributed by atoms with Gasteiger partial charge in [0.15, 0.2) is 0 Å². The molecule has 102 valence electrons. The number of nitrogens with zero attached hydrogens (tertiary/aromatic N) is 2. The van der Waals surface area contributed by atoms with E-state index in [1.54, 1.807) is 12.1 Å². The second-order valence-corrected chi connectivity index (χ2v) is 5.46. The van der Waals surface area contributed by atoms with E-state index in [1.165, 1.54) is 6.07 Å². The molecule has 19 heavy (non-hydrogen) atoms. The first kappa shape index (κ1) is 12.6. The Morgan fingerprint density at radius 2 is 2.26 bits per heavy atom. The minimum atomic E-state index is -0.186. The summed E-state index contributed by atoms with van der Waals surface area (Å²) in [7, 11) is 0. The first-order valence-corrected chi connectivity index (χ1v) is 7.07. The molecule has 1 fully saturated rings. The molecule has 1 atom stereocenters. The Hall–Kier alpha value is -1.42. The van der Waals surface area contributed by atoms with Crippen LogP contribution in [0, 0.1) is 11.7 Å². The zero-order valence-corrected chi connectivity index (χ0v) is 11.5. The summed E-state index contributed by atoms with van der Waals surface area (Å²) in [6.07, 6.45) is 1.03. The Labute approximate surface area is 112 Å². The zero-order chi connectivity index (χ0) is 13.4. The van der Waals surface area contributed by atoms with Crippen molar-refractivity contribution in [3.05, 3.63) is 29.8 Å². The first-order valence-electron chi connectivity index (χ1n) is 7.07. The third kappa shape index (κ3) is 2.14. The Balaban J connectivity index is 2.08. The summed E-state index contributed by atoms with van der Waals surface area (Å²) < 4.78 is 15.6. The Morgan fingerprint density at radius 1 is 1.47 bits per heavy atom. The summed E-state index contributed by atoms with van der Waals surface area (Å²) in [5.74, 6) is 1.99. The van der Waals surface area contributed by atoms with Gasteiger partial charge < -0.3 is 9.88 Å². The topological polar surface area (TPSA) is 29.9 Å². The van der Waals surface area contributed by atoms with E-state index in [2.05, 4.69) is 23.7 Å². The molecule has 1 aromatic carbocycles. The smallest absolute Gasteiger partial charge is 0.125 e. The first-order chi connectivity index (χ1) is 9.20. The van der Waals surface area contributed by atoms with Gasteiger partial charge in [0.05, 0.1) is 11.0 Å². The highest BCUT2D eigenvalue weighted by molar-refractivity contribution is 5.76. The lowest BCUT2D eigenvalue weighted by atomic mass is 9.88. The van der Waals surface area contributed by atoms with Crippen molar-refractivity contribution in [2.45, 2.75) is 32.7 Å². The highest BCUT2D eigenvalue weighted by atomic mass is 19.1. The van der Waals surface area contributed by atoms with Gasteiger partial charge in [0.25, 0.3) is 0 Å². The van der Waals surface area contributed by atoms with Crippen molar-refractivity contribution in [2.75, 3.05) is 13.1 Å². The molecule has 3 rings (SSSR count). The van der Waals surface area contributed by atoms with Crippen LogP contribution in [0.2, 0.25) is 0 Å². The van der Waals surface area contributed by atoms with Crippen LogP contribution in [0.25, 0.3) is 11.0 Å². The number of rotatable bonds is 4. The normalized spacial score (nSPS) is 17.6. The highest BCUT2D eigenvalue weighted by Gasteiger charge is 2.28. The maximum Gasteiger partial charge on any atom is 0.125 e. The molecule has 2 aromatic rings. The Bertz CT molecular complexity index is 586. The molecule has 0 aliphatic carbocycles. The molecule has 3 nitrogen and oxygen atoms in total. The van der Waals surface area contributed by atoms with Gasteiger partial charge in [0, 0.05) is 12.5 Å². The van der Waals surface area contributed by atoms with Crippen LogP contribution in [-0.2, 0) is 6.54 Å². The van der Waals surface area contributed by atoms with Crippen molar-refractivity contribution in [3.63, 3.8) is 0 Å². The van der Waals surface area contributed by atoms with Crippen LogP contribution in [-0.4, -0.2) is 22.6 Å². The van der Waals surface area contributed by atoms with Gasteiger partial charge in [-0.2, -0.15) is 0 Å². The van der Waals surface area contributed by atoms with Crippen LogP contribution in [0.1, 0.15) is 32.0 Å². The van der Waals surface area contributed by atoms with Crippen LogP contribution in [0.15, 0.2) is 18.2 Å². The van der Waals surface area contributed by atoms with Crippen LogP contribution >= 0.6 is 0 Å². The number of hydrogen-bond acceptors (Lipinski definition) is 2. The van der Waals surface area contributed by atoms with E-state index in [9.17, 15) is 4.39 Å². The molecule has 1 saturated heterocycles. The molecule has 1 aromatic heterocycles. The predicted molar refractivity (Wildman–Crippen MR) is 74.8 cm³/mol. The van der Waals surface area contributed by atoms with E-state index in [4.69, 9.17) is 4.98 Å². The minimum absolute atomic E-state index is 0.186. The average Bonchev–Trinajstić information content (AvgIpc) is 2.66. The molecule has 0 radical (unpaired) electrons. The molecule has 4 heteroatoms. The minimum Gasteiger partial charge on any atom is -0.328 e. The van der Waals surface area contributed by atoms with E-state index in [1.807, 2.05) is 0 Å². The molecule has 1 unspecified atom stereocenters. The van der Waals surface area contributed by atoms with E-state index >= 15 is 0 Å². The van der Waals surface area contributed by atoms with Gasteiger partial charge >= 0.3 is 0 Å². The molecular weight excluding hydrogens is 241 g/mol. The summed E-state index contributed by atoms with van der Waals surface area (Å²) in [5.41, 5.74) is 1.83. The number of imidazole rings is 1. The van der Waals surface area contributed by atoms with Crippen LogP contribution in [0.4, 0.5) is 4.39 Å². The molecule has 0 amide bonds. The second kappa shape index (κ2) is 4.93. The predicted octanol–water partition coefficient (Wildman–Crippen LogP) is 2.91. The van der Waals surface area contributed by atoms with Crippen LogP contribution in [0.3, 0.4) is 0 Å². The van der Waals surface area contributed by atoms with Gasteiger partial charge in [-0.05, 0) is 43.6 Å². The van der Waals surface area contributed by atoms with E-state index in [0.717, 1.165) is 42.9 Å². The number of benzene rings is 1. The lowest BCUT2D eigenvalue weighted by Crippen LogP contribution is -2.45. The molecule has 0 bridgehead atoms. The number of aromatic nitrogens is 2. The summed E-state index contributed by atoms with van der Waals surface area (Å²) in [4.78, 5) is 4.74. The molecule has 0 spiro atoms. The fourth-order valence-electron chi connectivity index (χ4n) is 2.80. The summed E-state index contributed by atoms with van der Waals surface area (Å²) in [6, 6.07) is 4.88. The van der Waals surface area contributed by atoms with Gasteiger partial charge in [0.1, 0.15) is 11.6 Å². The van der Waals surface area contributed by atoms with E-state index in [0.29, 0.717) is 11.8 Å². The van der Waals surface area contributed by atoms with Crippen molar-refractivity contribution < 1.29 is 4.39 Å². The molecule has 1 N–H and O–H groups in total. The standard InChI is InChI=1S/C15H20FN3/c1-3-6-19-14-7-12(16)4-5-13(14)18-15(19)10(2)11-8-17-9-11/h4-5,7,10-11,17H,3,6,8-9H2,1-2H3. The van der Waals surface area contributed by atoms with Gasteiger partial charge in [0.2, 0.25) is 0 Å². The zero-order valence-electron chi connectivity index (χ0n) is 11.5. The molecule has 1 aliphatic heterocycles. The lowest BCUT2D eigenvalue weighted by molar-refractivity contribution is 0.291. The third-order valence-electron chi connectivity index (χ3n) is 4.11. The van der Waals surface area contributed by atoms with Crippen molar-refractivity contribution >= 4 is 11.0 Å². The Morgan fingerprint density at radius 3 is 2.89 bits per heavy atom. The quantitative estimate of drug-likeness (QED) is 0.917. The van der Waals surface area contributed by atoms with E-state index in [-0.39, 0.29) is 5.82 Å². The number of nitrogens with one attached hydrogen (secondary N) is 1. The molecule has 1 aliphatic rings. The maximum absolute atomic E-state index is 13.5. The lowest BCUT2D eigenvalue weighted by Gasteiger charge is -2.32. The van der Waals surface area contributed by atoms with Gasteiger partial charge in [-0.25, -0.2) is 9.37 Å². The summed E-state index contributed by atoms with van der Waals surface area (Å²) in [5, 5.41) is 3.31. The number of fused-ring (bicyclic) bond motifs is 1. The van der Waals surface area contributed by atoms with Crippen molar-refractivity contribution in [2.24, 2.45) is 5.92 Å². The second-order valence-electron chi connectivity index (χ2n) is 5.46. The number of halogens is 1. The Kier molecular flexibility index (Phi) is 3.27. The third-order valence-corrected chi connectivity index (χ3v) is 4.11. The maximum atomic E-state index is 13.5. The fraction of sp³-hybridized carbons (Fsp3) is 0.533. The van der Waals surface area contributed by atoms with Gasteiger partial charge in [-0.1, -0.05) is 13.8 Å². The summed E-state index contributed by atoms with van der Waals surface area (Å²) >= 11 is 0. The van der Waals surface area contributed by atoms with Gasteiger partial charge in [-0.3, -0.25) is 0 Å². The molecular formula is C15H20FN3.